The molecule has 0 saturated heterocycles. The second kappa shape index (κ2) is 11.4. The number of hydrogen-bond acceptors (Lipinski definition) is 4. The molecule has 0 amide bonds. The molecule has 5 nitrogen and oxygen atoms in total. The number of ether oxygens (including phenoxy) is 1. The summed E-state index contributed by atoms with van der Waals surface area (Å²) in [6, 6.07) is 0. The maximum Gasteiger partial charge on any atom is 0.306 e. The Labute approximate surface area is 269 Å². The summed E-state index contributed by atoms with van der Waals surface area (Å²) in [5.74, 6) is 2.32. The quantitative estimate of drug-likeness (QED) is 0.201. The van der Waals surface area contributed by atoms with Crippen LogP contribution >= 0.6 is 0 Å². The van der Waals surface area contributed by atoms with Crippen LogP contribution in [-0.2, 0) is 14.3 Å². The molecule has 250 valence electrons. The minimum absolute atomic E-state index is 0.0263. The summed E-state index contributed by atoms with van der Waals surface area (Å²) in [7, 11) is 2.12. The summed E-state index contributed by atoms with van der Waals surface area (Å²) < 4.78 is 6.26. The van der Waals surface area contributed by atoms with Gasteiger partial charge in [0.15, 0.2) is 0 Å². The first kappa shape index (κ1) is 34.0. The van der Waals surface area contributed by atoms with Crippen LogP contribution in [0.5, 0.6) is 0 Å². The third-order valence-corrected chi connectivity index (χ3v) is 15.6. The fourth-order valence-electron chi connectivity index (χ4n) is 13.3. The van der Waals surface area contributed by atoms with Crippen molar-refractivity contribution in [2.75, 3.05) is 13.6 Å². The van der Waals surface area contributed by atoms with Crippen molar-refractivity contribution in [2.24, 2.45) is 62.1 Å². The van der Waals surface area contributed by atoms with Crippen molar-refractivity contribution in [3.63, 3.8) is 0 Å². The Morgan fingerprint density at radius 1 is 0.886 bits per heavy atom. The highest BCUT2D eigenvalue weighted by Gasteiger charge is 2.71. The molecule has 2 N–H and O–H groups in total. The van der Waals surface area contributed by atoms with Crippen molar-refractivity contribution in [1.82, 2.24) is 5.32 Å². The van der Waals surface area contributed by atoms with Crippen LogP contribution in [0, 0.1) is 62.1 Å². The monoisotopic (exact) mass is 611 g/mol. The summed E-state index contributed by atoms with van der Waals surface area (Å²) >= 11 is 0. The second-order valence-corrected chi connectivity index (χ2v) is 18.7. The van der Waals surface area contributed by atoms with E-state index in [9.17, 15) is 14.7 Å². The molecule has 0 bridgehead atoms. The molecule has 0 radical (unpaired) electrons. The average Bonchev–Trinajstić information content (AvgIpc) is 3.28. The SMILES string of the molecule is C=C(C)[C@@H]1CC[C@]2(CCNC)CC[C@]3(C)[C@H](CC[C@@H]4[C@@]5(C)CC[C@H](OC(=O)CC(C)(C)CC(=O)O)C(C)(C)[C@@H]5CC[C@]43C)[C@@H]12. The van der Waals surface area contributed by atoms with E-state index < -0.39 is 11.4 Å². The molecule has 0 spiro atoms. The number of carboxylic acids is 1. The Morgan fingerprint density at radius 3 is 2.23 bits per heavy atom. The summed E-state index contributed by atoms with van der Waals surface area (Å²) in [5, 5.41) is 12.8. The first-order valence-electron chi connectivity index (χ1n) is 18.1. The molecule has 0 unspecified atom stereocenters. The molecule has 5 aliphatic rings. The van der Waals surface area contributed by atoms with Gasteiger partial charge in [-0.25, -0.2) is 0 Å². The highest BCUT2D eigenvalue weighted by Crippen LogP contribution is 2.78. The lowest BCUT2D eigenvalue weighted by Gasteiger charge is -2.73. The lowest BCUT2D eigenvalue weighted by molar-refractivity contribution is -0.250. The van der Waals surface area contributed by atoms with Crippen LogP contribution in [-0.4, -0.2) is 36.7 Å². The first-order valence-corrected chi connectivity index (χ1v) is 18.1. The Morgan fingerprint density at radius 2 is 1.59 bits per heavy atom. The molecule has 5 saturated carbocycles. The van der Waals surface area contributed by atoms with Crippen LogP contribution in [0.4, 0.5) is 0 Å². The fourth-order valence-corrected chi connectivity index (χ4v) is 13.3. The van der Waals surface area contributed by atoms with Gasteiger partial charge in [0, 0.05) is 5.41 Å². The molecular formula is C39H65NO4. The van der Waals surface area contributed by atoms with E-state index in [2.05, 4.69) is 60.5 Å². The van der Waals surface area contributed by atoms with Crippen LogP contribution in [0.25, 0.3) is 0 Å². The van der Waals surface area contributed by atoms with Gasteiger partial charge in [0.05, 0.1) is 12.8 Å². The number of carbonyl (C=O) groups is 2. The standard InChI is InChI=1S/C39H65NO4/c1-25(2)26-13-18-39(21-22-40-10)20-19-37(8)27(33(26)39)11-12-29-36(7)16-15-30(35(5,6)28(36)14-17-38(29,37)9)44-32(43)24-34(3,4)23-31(41)42/h26-30,33,40H,1,11-24H2,2-10H3,(H,41,42)/t26-,27+,28-,29+,30-,33+,36-,37+,38+,39+/m0/s1. The number of allylic oxidation sites excluding steroid dienone is 1. The van der Waals surface area contributed by atoms with Gasteiger partial charge in [0.1, 0.15) is 6.10 Å². The van der Waals surface area contributed by atoms with Gasteiger partial charge in [-0.15, -0.1) is 0 Å². The summed E-state index contributed by atoms with van der Waals surface area (Å²) in [6.45, 7) is 24.5. The van der Waals surface area contributed by atoms with E-state index in [1.807, 2.05) is 13.8 Å². The zero-order valence-corrected chi connectivity index (χ0v) is 29.7. The molecule has 5 fully saturated rings. The van der Waals surface area contributed by atoms with E-state index in [1.54, 1.807) is 0 Å². The van der Waals surface area contributed by atoms with Crippen LogP contribution in [0.3, 0.4) is 0 Å². The number of carboxylic acid groups (broad SMARTS) is 1. The van der Waals surface area contributed by atoms with Crippen molar-refractivity contribution in [3.05, 3.63) is 12.2 Å². The predicted molar refractivity (Wildman–Crippen MR) is 178 cm³/mol. The van der Waals surface area contributed by atoms with Crippen molar-refractivity contribution in [1.29, 1.82) is 0 Å². The fraction of sp³-hybridized carbons (Fsp3) is 0.897. The zero-order valence-electron chi connectivity index (χ0n) is 29.7. The number of hydrogen-bond donors (Lipinski definition) is 2. The van der Waals surface area contributed by atoms with E-state index in [0.29, 0.717) is 34.0 Å². The van der Waals surface area contributed by atoms with E-state index in [-0.39, 0.29) is 35.7 Å². The minimum atomic E-state index is -0.866. The molecule has 5 aliphatic carbocycles. The highest BCUT2D eigenvalue weighted by atomic mass is 16.5. The number of nitrogens with one attached hydrogen (secondary N) is 1. The van der Waals surface area contributed by atoms with E-state index >= 15 is 0 Å². The maximum absolute atomic E-state index is 13.1. The molecule has 0 heterocycles. The van der Waals surface area contributed by atoms with Gasteiger partial charge in [-0.2, -0.15) is 0 Å². The molecule has 0 aromatic rings. The summed E-state index contributed by atoms with van der Waals surface area (Å²) in [6.07, 6.45) is 14.0. The number of fused-ring (bicyclic) bond motifs is 7. The predicted octanol–water partition coefficient (Wildman–Crippen LogP) is 9.06. The lowest BCUT2D eigenvalue weighted by Crippen LogP contribution is -2.66. The third-order valence-electron chi connectivity index (χ3n) is 15.6. The number of aliphatic carboxylic acids is 1. The average molecular weight is 612 g/mol. The molecule has 0 aromatic heterocycles. The zero-order chi connectivity index (χ0) is 32.5. The van der Waals surface area contributed by atoms with Crippen molar-refractivity contribution in [3.8, 4) is 0 Å². The van der Waals surface area contributed by atoms with Crippen molar-refractivity contribution in [2.45, 2.75) is 145 Å². The van der Waals surface area contributed by atoms with Crippen molar-refractivity contribution < 1.29 is 19.4 Å². The highest BCUT2D eigenvalue weighted by molar-refractivity contribution is 5.73. The largest absolute Gasteiger partial charge is 0.481 e. The molecule has 5 heteroatoms. The minimum Gasteiger partial charge on any atom is -0.481 e. The molecule has 10 atom stereocenters. The number of carbonyl (C=O) groups excluding carboxylic acids is 1. The Balaban J connectivity index is 1.39. The number of rotatable bonds is 9. The molecule has 5 rings (SSSR count). The topological polar surface area (TPSA) is 75.6 Å². The molecular weight excluding hydrogens is 546 g/mol. The number of esters is 1. The lowest BCUT2D eigenvalue weighted by atomic mass is 9.32. The van der Waals surface area contributed by atoms with E-state index in [0.717, 1.165) is 31.2 Å². The van der Waals surface area contributed by atoms with E-state index in [1.165, 1.54) is 63.4 Å². The first-order chi connectivity index (χ1) is 20.4. The van der Waals surface area contributed by atoms with Gasteiger partial charge in [0.2, 0.25) is 0 Å². The van der Waals surface area contributed by atoms with Gasteiger partial charge < -0.3 is 15.2 Å². The van der Waals surface area contributed by atoms with E-state index in [4.69, 9.17) is 4.74 Å². The van der Waals surface area contributed by atoms with Gasteiger partial charge in [-0.1, -0.05) is 60.6 Å². The smallest absolute Gasteiger partial charge is 0.306 e. The van der Waals surface area contributed by atoms with Crippen LogP contribution in [0.2, 0.25) is 0 Å². The van der Waals surface area contributed by atoms with Gasteiger partial charge in [0.25, 0.3) is 0 Å². The third kappa shape index (κ3) is 5.22. The van der Waals surface area contributed by atoms with Crippen LogP contribution in [0.15, 0.2) is 12.2 Å². The molecule has 0 aromatic carbocycles. The normalized spacial score (nSPS) is 44.5. The van der Waals surface area contributed by atoms with Crippen LogP contribution in [0.1, 0.15) is 139 Å². The van der Waals surface area contributed by atoms with Crippen molar-refractivity contribution >= 4 is 11.9 Å². The summed E-state index contributed by atoms with van der Waals surface area (Å²) in [4.78, 5) is 24.5. The molecule has 0 aliphatic heterocycles. The maximum atomic E-state index is 13.1. The summed E-state index contributed by atoms with van der Waals surface area (Å²) in [5.41, 5.74) is 2.09. The van der Waals surface area contributed by atoms with Gasteiger partial charge in [-0.05, 0) is 148 Å². The van der Waals surface area contributed by atoms with Crippen LogP contribution < -0.4 is 5.32 Å². The van der Waals surface area contributed by atoms with Gasteiger partial charge >= 0.3 is 11.9 Å². The second-order valence-electron chi connectivity index (χ2n) is 18.7. The Bertz CT molecular complexity index is 1140. The van der Waals surface area contributed by atoms with Gasteiger partial charge in [-0.3, -0.25) is 9.59 Å². The Hall–Kier alpha value is -1.36. The molecule has 44 heavy (non-hydrogen) atoms. The Kier molecular flexibility index (Phi) is 8.81.